The summed E-state index contributed by atoms with van der Waals surface area (Å²) >= 11 is 0. The zero-order valence-corrected chi connectivity index (χ0v) is 45.4. The van der Waals surface area contributed by atoms with E-state index in [-0.39, 0.29) is 41.1 Å². The van der Waals surface area contributed by atoms with Gasteiger partial charge in [-0.05, 0) is 123 Å². The van der Waals surface area contributed by atoms with Crippen molar-refractivity contribution in [3.05, 3.63) is 11.6 Å². The third-order valence-corrected chi connectivity index (χ3v) is 21.0. The van der Waals surface area contributed by atoms with Crippen LogP contribution in [-0.2, 0) is 37.9 Å². The van der Waals surface area contributed by atoms with Crippen LogP contribution in [0.4, 0.5) is 0 Å². The minimum atomic E-state index is -1.81. The molecule has 8 rings (SSSR count). The predicted octanol–water partition coefficient (Wildman–Crippen LogP) is -1.17. The number of allylic oxidation sites excluding steroid dienone is 2. The molecule has 0 radical (unpaired) electrons. The highest BCUT2D eigenvalue weighted by atomic mass is 16.8. The molecule has 0 aromatic rings. The van der Waals surface area contributed by atoms with E-state index in [0.717, 1.165) is 25.7 Å². The Labute approximate surface area is 445 Å². The Bertz CT molecular complexity index is 1960. The number of fused-ring (bicyclic) bond motifs is 5. The van der Waals surface area contributed by atoms with Crippen LogP contribution in [0.1, 0.15) is 120 Å². The van der Waals surface area contributed by atoms with E-state index in [9.17, 15) is 71.5 Å². The van der Waals surface area contributed by atoms with E-state index in [1.54, 1.807) is 0 Å². The van der Waals surface area contributed by atoms with Gasteiger partial charge in [0.15, 0.2) is 25.2 Å². The molecule has 4 aliphatic heterocycles. The monoisotopic (exact) mass is 1090 g/mol. The molecule has 0 aromatic carbocycles. The maximum Gasteiger partial charge on any atom is 0.187 e. The van der Waals surface area contributed by atoms with Crippen molar-refractivity contribution in [3.8, 4) is 0 Å². The Balaban J connectivity index is 1.02. The third-order valence-electron chi connectivity index (χ3n) is 21.0. The van der Waals surface area contributed by atoms with E-state index in [0.29, 0.717) is 38.5 Å². The largest absolute Gasteiger partial charge is 0.394 e. The van der Waals surface area contributed by atoms with E-state index < -0.39 is 165 Å². The van der Waals surface area contributed by atoms with Crippen LogP contribution in [0, 0.1) is 45.3 Å². The summed E-state index contributed by atoms with van der Waals surface area (Å²) in [5.74, 6) is -0.396. The number of hydrogen-bond donors (Lipinski definition) is 14. The van der Waals surface area contributed by atoms with Gasteiger partial charge in [0, 0.05) is 0 Å². The van der Waals surface area contributed by atoms with Gasteiger partial charge in [0.1, 0.15) is 91.6 Å². The third kappa shape index (κ3) is 10.7. The lowest BCUT2D eigenvalue weighted by Gasteiger charge is -2.71. The highest BCUT2D eigenvalue weighted by Crippen LogP contribution is 2.76. The molecule has 440 valence electrons. The van der Waals surface area contributed by atoms with E-state index in [1.807, 2.05) is 6.92 Å². The maximum absolute atomic E-state index is 12.9. The Kier molecular flexibility index (Phi) is 18.6. The van der Waals surface area contributed by atoms with Crippen LogP contribution in [0.25, 0.3) is 0 Å². The summed E-state index contributed by atoms with van der Waals surface area (Å²) in [5, 5.41) is 152. The standard InChI is InChI=1S/C54H92O22/c1-9-24(2)11-10-15-54(8,76-48-44(68)40(64)38(62)30(73-48)23-70-46-42(66)35(59)27(58)22-69-46)25-12-17-53(7)34(25)26(57)19-32-51(5)16-14-33(50(3,4)31(51)13-18-52(32,53)6)74-49-45(41(65)37(61)29(21-56)72-49)75-47-43(67)39(63)36(60)28(20-55)71-47/h11,25-49,55-68H,9-10,12-23H2,1-8H3/b24-11+/t25-,26+,27+,28+,29+,30+,31-,32+,33-,34-,35-,36+,37+,38+,39-,40-,41-,42+,43+,44+,45+,46-,47+,48-,49+,51-,52+,53+,54-/m0/s1. The summed E-state index contributed by atoms with van der Waals surface area (Å²) in [7, 11) is 0. The summed E-state index contributed by atoms with van der Waals surface area (Å²) in [6.07, 6.45) is -21.7. The van der Waals surface area contributed by atoms with Crippen molar-refractivity contribution in [1.82, 2.24) is 0 Å². The lowest BCUT2D eigenvalue weighted by Crippen LogP contribution is -2.68. The van der Waals surface area contributed by atoms with Crippen LogP contribution in [0.2, 0.25) is 0 Å². The van der Waals surface area contributed by atoms with Crippen molar-refractivity contribution < 1.29 is 109 Å². The quantitative estimate of drug-likeness (QED) is 0.0639. The molecular weight excluding hydrogens is 1000 g/mol. The Hall–Kier alpha value is -1.14. The van der Waals surface area contributed by atoms with Crippen molar-refractivity contribution in [2.45, 2.75) is 254 Å². The second-order valence-corrected chi connectivity index (χ2v) is 25.4. The number of hydrogen-bond acceptors (Lipinski definition) is 22. The van der Waals surface area contributed by atoms with Crippen molar-refractivity contribution in [3.63, 3.8) is 0 Å². The van der Waals surface area contributed by atoms with E-state index in [1.165, 1.54) is 5.57 Å². The molecule has 22 heteroatoms. The SMILES string of the molecule is CC/C(C)=C/CC[C@](C)(O[C@@H]1O[C@H](CO[C@@H]2OC[C@@H](O)[C@H](O)[C@H]2O)[C@@H](O)[C@H](O)[C@H]1O)[C@H]1CC[C@]2(C)[C@@H]1[C@H](O)C[C@@H]1[C@@]3(C)CC[C@H](O[C@H]4O[C@H](CO)[C@@H](O)[C@H](O)[C@H]4O[C@H]4O[C@H](CO)[C@@H](O)[C@H](O)[C@H]4O)C(C)(C)[C@@H]3CC[C@]12C. The van der Waals surface area contributed by atoms with Gasteiger partial charge in [0.2, 0.25) is 0 Å². The normalized spacial score (nSPS) is 52.6. The molecule has 4 heterocycles. The molecular formula is C54H92O22. The molecule has 8 aliphatic rings. The first-order valence-electron chi connectivity index (χ1n) is 27.9. The van der Waals surface area contributed by atoms with Crippen LogP contribution in [-0.4, -0.2) is 232 Å². The molecule has 0 unspecified atom stereocenters. The first kappa shape index (κ1) is 60.9. The van der Waals surface area contributed by atoms with Gasteiger partial charge in [-0.15, -0.1) is 0 Å². The van der Waals surface area contributed by atoms with Crippen LogP contribution in [0.3, 0.4) is 0 Å². The Morgan fingerprint density at radius 2 is 1.18 bits per heavy atom. The minimum Gasteiger partial charge on any atom is -0.394 e. The van der Waals surface area contributed by atoms with E-state index in [4.69, 9.17) is 37.9 Å². The fraction of sp³-hybridized carbons (Fsp3) is 0.963. The highest BCUT2D eigenvalue weighted by Gasteiger charge is 2.72. The Morgan fingerprint density at radius 1 is 0.605 bits per heavy atom. The van der Waals surface area contributed by atoms with Gasteiger partial charge in [-0.2, -0.15) is 0 Å². The zero-order chi connectivity index (χ0) is 55.8. The van der Waals surface area contributed by atoms with Crippen LogP contribution in [0.15, 0.2) is 11.6 Å². The van der Waals surface area contributed by atoms with Crippen LogP contribution < -0.4 is 0 Å². The molecule has 29 atom stereocenters. The minimum absolute atomic E-state index is 0.0503. The van der Waals surface area contributed by atoms with Gasteiger partial charge >= 0.3 is 0 Å². The summed E-state index contributed by atoms with van der Waals surface area (Å²) in [6, 6.07) is 0. The van der Waals surface area contributed by atoms with Gasteiger partial charge in [-0.25, -0.2) is 0 Å². The van der Waals surface area contributed by atoms with Gasteiger partial charge in [-0.3, -0.25) is 0 Å². The molecule has 14 N–H and O–H groups in total. The molecule has 4 saturated heterocycles. The summed E-state index contributed by atoms with van der Waals surface area (Å²) in [5.41, 5.74) is -1.39. The van der Waals surface area contributed by atoms with Gasteiger partial charge in [0.25, 0.3) is 0 Å². The average molecular weight is 1090 g/mol. The molecule has 4 aliphatic carbocycles. The van der Waals surface area contributed by atoms with Gasteiger partial charge < -0.3 is 109 Å². The fourth-order valence-corrected chi connectivity index (χ4v) is 16.1. The molecule has 4 saturated carbocycles. The topological polar surface area (TPSA) is 357 Å². The number of aliphatic hydroxyl groups is 14. The molecule has 8 fully saturated rings. The predicted molar refractivity (Wildman–Crippen MR) is 265 cm³/mol. The van der Waals surface area contributed by atoms with Crippen LogP contribution >= 0.6 is 0 Å². The zero-order valence-electron chi connectivity index (χ0n) is 45.4. The molecule has 76 heavy (non-hydrogen) atoms. The fourth-order valence-electron chi connectivity index (χ4n) is 16.1. The lowest BCUT2D eigenvalue weighted by molar-refractivity contribution is -0.378. The number of ether oxygens (including phenoxy) is 8. The lowest BCUT2D eigenvalue weighted by atomic mass is 9.35. The average Bonchev–Trinajstić information content (AvgIpc) is 3.78. The summed E-state index contributed by atoms with van der Waals surface area (Å²) in [6.45, 7) is 15.3. The second-order valence-electron chi connectivity index (χ2n) is 25.4. The van der Waals surface area contributed by atoms with Crippen molar-refractivity contribution in [2.75, 3.05) is 26.4 Å². The summed E-state index contributed by atoms with van der Waals surface area (Å²) in [4.78, 5) is 0. The molecule has 0 spiro atoms. The van der Waals surface area contributed by atoms with Gasteiger partial charge in [-0.1, -0.05) is 53.2 Å². The van der Waals surface area contributed by atoms with Gasteiger partial charge in [0.05, 0.1) is 44.2 Å². The van der Waals surface area contributed by atoms with Crippen molar-refractivity contribution in [1.29, 1.82) is 0 Å². The maximum atomic E-state index is 12.9. The number of aliphatic hydroxyl groups excluding tert-OH is 14. The smallest absolute Gasteiger partial charge is 0.187 e. The van der Waals surface area contributed by atoms with Crippen LogP contribution in [0.5, 0.6) is 0 Å². The molecule has 0 aromatic heterocycles. The number of rotatable bonds is 16. The highest BCUT2D eigenvalue weighted by molar-refractivity contribution is 5.21. The Morgan fingerprint density at radius 3 is 1.83 bits per heavy atom. The van der Waals surface area contributed by atoms with E-state index in [2.05, 4.69) is 54.5 Å². The van der Waals surface area contributed by atoms with Crippen molar-refractivity contribution >= 4 is 0 Å². The molecule has 0 bridgehead atoms. The second kappa shape index (κ2) is 23.3. The molecule has 22 nitrogen and oxygen atoms in total. The van der Waals surface area contributed by atoms with E-state index >= 15 is 0 Å². The molecule has 0 amide bonds. The first-order chi connectivity index (χ1) is 35.6. The first-order valence-corrected chi connectivity index (χ1v) is 27.9. The summed E-state index contributed by atoms with van der Waals surface area (Å²) < 4.78 is 48.9. The van der Waals surface area contributed by atoms with Crippen molar-refractivity contribution in [2.24, 2.45) is 45.3 Å².